The lowest BCUT2D eigenvalue weighted by Gasteiger charge is -2.30. The summed E-state index contributed by atoms with van der Waals surface area (Å²) in [6.07, 6.45) is 2.32. The maximum Gasteiger partial charge on any atom is 0.309 e. The molecule has 146 valence electrons. The summed E-state index contributed by atoms with van der Waals surface area (Å²) in [5.74, 6) is -0.198. The van der Waals surface area contributed by atoms with Crippen LogP contribution in [0, 0.1) is 11.8 Å². The van der Waals surface area contributed by atoms with Crippen LogP contribution >= 0.6 is 0 Å². The van der Waals surface area contributed by atoms with Gasteiger partial charge in [0.25, 0.3) is 0 Å². The van der Waals surface area contributed by atoms with E-state index in [1.807, 2.05) is 35.2 Å². The molecule has 3 rings (SSSR count). The van der Waals surface area contributed by atoms with Crippen molar-refractivity contribution in [3.63, 3.8) is 0 Å². The molecule has 2 fully saturated rings. The highest BCUT2D eigenvalue weighted by Crippen LogP contribution is 2.40. The van der Waals surface area contributed by atoms with Crippen molar-refractivity contribution in [2.75, 3.05) is 19.7 Å². The van der Waals surface area contributed by atoms with E-state index in [2.05, 4.69) is 0 Å². The van der Waals surface area contributed by atoms with Crippen molar-refractivity contribution in [3.05, 3.63) is 35.9 Å². The van der Waals surface area contributed by atoms with Gasteiger partial charge in [0.2, 0.25) is 11.8 Å². The van der Waals surface area contributed by atoms with Crippen LogP contribution in [0.5, 0.6) is 0 Å². The Morgan fingerprint density at radius 1 is 1.22 bits per heavy atom. The van der Waals surface area contributed by atoms with Crippen molar-refractivity contribution in [1.82, 2.24) is 9.80 Å². The number of hydrogen-bond acceptors (Lipinski definition) is 4. The number of amides is 2. The fourth-order valence-corrected chi connectivity index (χ4v) is 3.92. The molecule has 0 bridgehead atoms. The van der Waals surface area contributed by atoms with Gasteiger partial charge in [-0.15, -0.1) is 0 Å². The number of benzene rings is 1. The van der Waals surface area contributed by atoms with E-state index in [0.29, 0.717) is 32.7 Å². The lowest BCUT2D eigenvalue weighted by Crippen LogP contribution is -2.47. The molecular formula is C21H28N2O4. The summed E-state index contributed by atoms with van der Waals surface area (Å²) < 4.78 is 5.11. The molecule has 1 heterocycles. The van der Waals surface area contributed by atoms with Crippen LogP contribution in [-0.4, -0.2) is 53.3 Å². The molecule has 1 saturated carbocycles. The van der Waals surface area contributed by atoms with Crippen molar-refractivity contribution in [2.24, 2.45) is 11.8 Å². The fraction of sp³-hybridized carbons (Fsp3) is 0.571. The second kappa shape index (κ2) is 8.55. The van der Waals surface area contributed by atoms with Crippen molar-refractivity contribution >= 4 is 17.8 Å². The Morgan fingerprint density at radius 2 is 1.96 bits per heavy atom. The van der Waals surface area contributed by atoms with Gasteiger partial charge in [-0.05, 0) is 37.7 Å². The average molecular weight is 372 g/mol. The van der Waals surface area contributed by atoms with E-state index in [-0.39, 0.29) is 35.7 Å². The van der Waals surface area contributed by atoms with Gasteiger partial charge in [-0.2, -0.15) is 0 Å². The summed E-state index contributed by atoms with van der Waals surface area (Å²) in [5, 5.41) is 0. The Kier molecular flexibility index (Phi) is 6.14. The molecular weight excluding hydrogens is 344 g/mol. The molecule has 6 nitrogen and oxygen atoms in total. The zero-order valence-electron chi connectivity index (χ0n) is 16.1. The smallest absolute Gasteiger partial charge is 0.309 e. The molecule has 6 heteroatoms. The molecule has 27 heavy (non-hydrogen) atoms. The molecule has 1 aromatic rings. The Balaban J connectivity index is 1.71. The highest BCUT2D eigenvalue weighted by atomic mass is 16.5. The minimum Gasteiger partial charge on any atom is -0.466 e. The summed E-state index contributed by atoms with van der Waals surface area (Å²) >= 11 is 0. The normalized spacial score (nSPS) is 23.8. The summed E-state index contributed by atoms with van der Waals surface area (Å²) in [4.78, 5) is 40.6. The summed E-state index contributed by atoms with van der Waals surface area (Å²) in [6, 6.07) is 9.45. The Hall–Kier alpha value is -2.37. The molecule has 1 aromatic carbocycles. The van der Waals surface area contributed by atoms with Gasteiger partial charge < -0.3 is 14.5 Å². The zero-order valence-corrected chi connectivity index (χ0v) is 16.1. The summed E-state index contributed by atoms with van der Waals surface area (Å²) in [6.45, 7) is 5.36. The minimum absolute atomic E-state index is 0.0129. The molecule has 0 spiro atoms. The standard InChI is InChI=1S/C21H28N2O4/c1-3-27-21(26)18-12-17(18)14-22(13-16-8-5-4-6-9-16)20(25)19-10-7-11-23(19)15(2)24/h4-6,8-9,17-19H,3,7,10-14H2,1-2H3/t17-,18-,19+/m1/s1. The minimum atomic E-state index is -0.383. The third-order valence-corrected chi connectivity index (χ3v) is 5.44. The van der Waals surface area contributed by atoms with Gasteiger partial charge in [-0.1, -0.05) is 30.3 Å². The van der Waals surface area contributed by atoms with Crippen LogP contribution in [0.15, 0.2) is 30.3 Å². The summed E-state index contributed by atoms with van der Waals surface area (Å²) in [7, 11) is 0. The topological polar surface area (TPSA) is 66.9 Å². The fourth-order valence-electron chi connectivity index (χ4n) is 3.92. The highest BCUT2D eigenvalue weighted by molar-refractivity contribution is 5.87. The zero-order chi connectivity index (χ0) is 19.4. The third-order valence-electron chi connectivity index (χ3n) is 5.44. The monoisotopic (exact) mass is 372 g/mol. The maximum atomic E-state index is 13.2. The van der Waals surface area contributed by atoms with E-state index in [1.165, 1.54) is 6.92 Å². The predicted octanol–water partition coefficient (Wildman–Crippen LogP) is 2.23. The maximum absolute atomic E-state index is 13.2. The number of carbonyl (C=O) groups excluding carboxylic acids is 3. The first-order chi connectivity index (χ1) is 13.0. The molecule has 0 aromatic heterocycles. The third kappa shape index (κ3) is 4.67. The van der Waals surface area contributed by atoms with Gasteiger partial charge in [0, 0.05) is 26.6 Å². The lowest BCUT2D eigenvalue weighted by atomic mass is 10.1. The number of likely N-dealkylation sites (tertiary alicyclic amines) is 1. The first-order valence-electron chi connectivity index (χ1n) is 9.77. The molecule has 3 atom stereocenters. The van der Waals surface area contributed by atoms with Gasteiger partial charge in [0.1, 0.15) is 6.04 Å². The van der Waals surface area contributed by atoms with Crippen molar-refractivity contribution in [1.29, 1.82) is 0 Å². The Labute approximate surface area is 160 Å². The number of carbonyl (C=O) groups is 3. The van der Waals surface area contributed by atoms with E-state index >= 15 is 0 Å². The van der Waals surface area contributed by atoms with E-state index in [9.17, 15) is 14.4 Å². The molecule has 0 unspecified atom stereocenters. The molecule has 2 amide bonds. The van der Waals surface area contributed by atoms with Gasteiger partial charge in [-0.3, -0.25) is 14.4 Å². The van der Waals surface area contributed by atoms with Crippen molar-refractivity contribution in [3.8, 4) is 0 Å². The average Bonchev–Trinajstić information content (AvgIpc) is 3.24. The lowest BCUT2D eigenvalue weighted by molar-refractivity contribution is -0.146. The van der Waals surface area contributed by atoms with E-state index in [0.717, 1.165) is 18.4 Å². The van der Waals surface area contributed by atoms with Crippen LogP contribution in [0.3, 0.4) is 0 Å². The molecule has 1 aliphatic carbocycles. The SMILES string of the molecule is CCOC(=O)[C@@H]1C[C@@H]1CN(Cc1ccccc1)C(=O)[C@@H]1CCCN1C(C)=O. The number of ether oxygens (including phenoxy) is 1. The van der Waals surface area contributed by atoms with Crippen LogP contribution in [0.4, 0.5) is 0 Å². The molecule has 1 aliphatic heterocycles. The Morgan fingerprint density at radius 3 is 2.63 bits per heavy atom. The molecule has 0 radical (unpaired) electrons. The quantitative estimate of drug-likeness (QED) is 0.689. The van der Waals surface area contributed by atoms with Crippen molar-refractivity contribution in [2.45, 2.75) is 45.7 Å². The van der Waals surface area contributed by atoms with Crippen LogP contribution in [0.25, 0.3) is 0 Å². The van der Waals surface area contributed by atoms with E-state index in [4.69, 9.17) is 4.74 Å². The predicted molar refractivity (Wildman–Crippen MR) is 100 cm³/mol. The van der Waals surface area contributed by atoms with Gasteiger partial charge in [0.05, 0.1) is 12.5 Å². The first kappa shape index (κ1) is 19.4. The molecule has 0 N–H and O–H groups in total. The first-order valence-corrected chi connectivity index (χ1v) is 9.77. The molecule has 2 aliphatic rings. The van der Waals surface area contributed by atoms with E-state index < -0.39 is 0 Å². The van der Waals surface area contributed by atoms with Crippen LogP contribution in [0.2, 0.25) is 0 Å². The second-order valence-electron chi connectivity index (χ2n) is 7.43. The summed E-state index contributed by atoms with van der Waals surface area (Å²) in [5.41, 5.74) is 1.05. The van der Waals surface area contributed by atoms with Crippen LogP contribution in [-0.2, 0) is 25.7 Å². The number of hydrogen-bond donors (Lipinski definition) is 0. The largest absolute Gasteiger partial charge is 0.466 e. The highest BCUT2D eigenvalue weighted by Gasteiger charge is 2.46. The van der Waals surface area contributed by atoms with Gasteiger partial charge >= 0.3 is 5.97 Å². The Bertz CT molecular complexity index is 691. The number of nitrogens with zero attached hydrogens (tertiary/aromatic N) is 2. The van der Waals surface area contributed by atoms with Crippen LogP contribution in [0.1, 0.15) is 38.7 Å². The van der Waals surface area contributed by atoms with Crippen LogP contribution < -0.4 is 0 Å². The number of esters is 1. The molecule has 1 saturated heterocycles. The second-order valence-corrected chi connectivity index (χ2v) is 7.43. The van der Waals surface area contributed by atoms with Gasteiger partial charge in [0.15, 0.2) is 0 Å². The number of rotatable bonds is 7. The van der Waals surface area contributed by atoms with Gasteiger partial charge in [-0.25, -0.2) is 0 Å². The van der Waals surface area contributed by atoms with E-state index in [1.54, 1.807) is 11.8 Å². The van der Waals surface area contributed by atoms with Crippen molar-refractivity contribution < 1.29 is 19.1 Å².